The van der Waals surface area contributed by atoms with Gasteiger partial charge in [0.15, 0.2) is 0 Å². The van der Waals surface area contributed by atoms with Crippen LogP contribution in [0.4, 0.5) is 0 Å². The van der Waals surface area contributed by atoms with Gasteiger partial charge < -0.3 is 15.4 Å². The summed E-state index contributed by atoms with van der Waals surface area (Å²) in [6.07, 6.45) is 6.00. The molecule has 0 spiro atoms. The van der Waals surface area contributed by atoms with Crippen molar-refractivity contribution in [3.8, 4) is 0 Å². The van der Waals surface area contributed by atoms with Gasteiger partial charge in [0.25, 0.3) is 0 Å². The van der Waals surface area contributed by atoms with Gasteiger partial charge >= 0.3 is 5.97 Å². The number of rotatable bonds is 3. The molecule has 1 heterocycles. The molecule has 0 radical (unpaired) electrons. The maximum Gasteiger partial charge on any atom is 0.328 e. The van der Waals surface area contributed by atoms with E-state index in [1.54, 1.807) is 0 Å². The average Bonchev–Trinajstić information content (AvgIpc) is 2.69. The Bertz CT molecular complexity index is 660. The summed E-state index contributed by atoms with van der Waals surface area (Å²) >= 11 is 0. The molecule has 1 aliphatic heterocycles. The molecule has 1 fully saturated rings. The molecule has 1 aromatic rings. The van der Waals surface area contributed by atoms with Crippen molar-refractivity contribution in [2.75, 3.05) is 6.61 Å². The van der Waals surface area contributed by atoms with Crippen LogP contribution >= 0.6 is 0 Å². The summed E-state index contributed by atoms with van der Waals surface area (Å²) in [7, 11) is 0. The van der Waals surface area contributed by atoms with Crippen LogP contribution in [0.5, 0.6) is 0 Å². The van der Waals surface area contributed by atoms with E-state index in [0.29, 0.717) is 19.3 Å². The normalized spacial score (nSPS) is 23.2. The first-order chi connectivity index (χ1) is 14.0. The van der Waals surface area contributed by atoms with E-state index in [1.807, 2.05) is 44.2 Å². The Morgan fingerprint density at radius 2 is 1.48 bits per heavy atom. The van der Waals surface area contributed by atoms with Crippen LogP contribution in [0.25, 0.3) is 0 Å². The molecule has 1 aliphatic rings. The maximum atomic E-state index is 12.6. The fraction of sp³-hybridized carbons (Fsp3) is 0.609. The van der Waals surface area contributed by atoms with Crippen LogP contribution in [0.3, 0.4) is 0 Å². The minimum absolute atomic E-state index is 0.0113. The first-order valence-corrected chi connectivity index (χ1v) is 10.7. The van der Waals surface area contributed by atoms with E-state index in [0.717, 1.165) is 37.7 Å². The number of hydrogen-bond acceptors (Lipinski definition) is 4. The molecule has 2 amide bonds. The van der Waals surface area contributed by atoms with Gasteiger partial charge in [0.2, 0.25) is 11.8 Å². The summed E-state index contributed by atoms with van der Waals surface area (Å²) in [5.74, 6) is -0.648. The average molecular weight is 403 g/mol. The van der Waals surface area contributed by atoms with Crippen molar-refractivity contribution in [1.29, 1.82) is 0 Å². The predicted octanol–water partition coefficient (Wildman–Crippen LogP) is 3.14. The molecular weight excluding hydrogens is 368 g/mol. The third kappa shape index (κ3) is 8.67. The fourth-order valence-electron chi connectivity index (χ4n) is 3.47. The number of benzene rings is 1. The summed E-state index contributed by atoms with van der Waals surface area (Å²) in [6, 6.07) is 8.84. The molecule has 1 saturated heterocycles. The monoisotopic (exact) mass is 402 g/mol. The smallest absolute Gasteiger partial charge is 0.328 e. The van der Waals surface area contributed by atoms with Gasteiger partial charge in [-0.1, -0.05) is 63.4 Å². The van der Waals surface area contributed by atoms with Crippen molar-refractivity contribution in [2.45, 2.75) is 77.3 Å². The van der Waals surface area contributed by atoms with Crippen LogP contribution in [0, 0.1) is 5.92 Å². The highest BCUT2D eigenvalue weighted by molar-refractivity contribution is 5.84. The number of ether oxygens (including phenoxy) is 1. The zero-order chi connectivity index (χ0) is 21.1. The lowest BCUT2D eigenvalue weighted by Gasteiger charge is -2.24. The van der Waals surface area contributed by atoms with Crippen LogP contribution < -0.4 is 10.6 Å². The molecule has 0 bridgehead atoms. The van der Waals surface area contributed by atoms with Gasteiger partial charge in [-0.3, -0.25) is 9.59 Å². The fourth-order valence-corrected chi connectivity index (χ4v) is 3.47. The minimum atomic E-state index is -0.677. The van der Waals surface area contributed by atoms with Crippen molar-refractivity contribution in [3.05, 3.63) is 35.9 Å². The second kappa shape index (κ2) is 12.2. The van der Waals surface area contributed by atoms with Gasteiger partial charge in [-0.05, 0) is 30.7 Å². The molecule has 1 aromatic carbocycles. The summed E-state index contributed by atoms with van der Waals surface area (Å²) in [5, 5.41) is 5.84. The first kappa shape index (κ1) is 22.9. The van der Waals surface area contributed by atoms with Gasteiger partial charge in [0.05, 0.1) is 6.04 Å². The molecule has 0 unspecified atom stereocenters. The SMILES string of the molecule is CC(C)[C@@H]1NC(=O)CCCCCCCC(=O)N[C@@H](Cc2ccccc2)COC1=O. The Morgan fingerprint density at radius 3 is 2.10 bits per heavy atom. The van der Waals surface area contributed by atoms with E-state index in [9.17, 15) is 14.4 Å². The highest BCUT2D eigenvalue weighted by atomic mass is 16.5. The highest BCUT2D eigenvalue weighted by Gasteiger charge is 2.27. The standard InChI is InChI=1S/C23H34N2O4/c1-17(2)22-23(28)29-16-19(15-18-11-7-6-8-12-18)24-20(26)13-9-4-3-5-10-14-21(27)25-22/h6-8,11-12,17,19,22H,3-5,9-10,13-16H2,1-2H3,(H,24,26)(H,25,27)/t19-,22-/m0/s1. The lowest BCUT2D eigenvalue weighted by atomic mass is 10.0. The third-order valence-electron chi connectivity index (χ3n) is 5.16. The largest absolute Gasteiger partial charge is 0.462 e. The van der Waals surface area contributed by atoms with E-state index < -0.39 is 12.0 Å². The highest BCUT2D eigenvalue weighted by Crippen LogP contribution is 2.11. The quantitative estimate of drug-likeness (QED) is 0.761. The molecule has 0 saturated carbocycles. The molecule has 0 aromatic heterocycles. The van der Waals surface area contributed by atoms with Crippen LogP contribution in [-0.2, 0) is 25.5 Å². The van der Waals surface area contributed by atoms with Gasteiger partial charge in [-0.15, -0.1) is 0 Å². The van der Waals surface area contributed by atoms with E-state index in [1.165, 1.54) is 0 Å². The van der Waals surface area contributed by atoms with Crippen LogP contribution in [0.2, 0.25) is 0 Å². The van der Waals surface area contributed by atoms with E-state index in [-0.39, 0.29) is 30.4 Å². The summed E-state index contributed by atoms with van der Waals surface area (Å²) in [6.45, 7) is 3.85. The Balaban J connectivity index is 2.08. The molecule has 2 atom stereocenters. The molecule has 0 aliphatic carbocycles. The Morgan fingerprint density at radius 1 is 0.897 bits per heavy atom. The lowest BCUT2D eigenvalue weighted by Crippen LogP contribution is -2.47. The first-order valence-electron chi connectivity index (χ1n) is 10.7. The number of esters is 1. The van der Waals surface area contributed by atoms with Crippen LogP contribution in [0.15, 0.2) is 30.3 Å². The van der Waals surface area contributed by atoms with Gasteiger partial charge in [0.1, 0.15) is 12.6 Å². The third-order valence-corrected chi connectivity index (χ3v) is 5.16. The van der Waals surface area contributed by atoms with E-state index in [2.05, 4.69) is 10.6 Å². The zero-order valence-corrected chi connectivity index (χ0v) is 17.6. The number of carbonyl (C=O) groups excluding carboxylic acids is 3. The van der Waals surface area contributed by atoms with Crippen molar-refractivity contribution < 1.29 is 19.1 Å². The Hall–Kier alpha value is -2.37. The second-order valence-corrected chi connectivity index (χ2v) is 8.14. The van der Waals surface area contributed by atoms with Crippen LogP contribution in [-0.4, -0.2) is 36.5 Å². The van der Waals surface area contributed by atoms with Crippen molar-refractivity contribution in [1.82, 2.24) is 10.6 Å². The van der Waals surface area contributed by atoms with Gasteiger partial charge in [-0.2, -0.15) is 0 Å². The second-order valence-electron chi connectivity index (χ2n) is 8.14. The molecule has 6 nitrogen and oxygen atoms in total. The Kier molecular flexibility index (Phi) is 9.68. The number of cyclic esters (lactones) is 1. The molecule has 6 heteroatoms. The molecule has 2 rings (SSSR count). The molecular formula is C23H34N2O4. The number of carbonyl (C=O) groups is 3. The summed E-state index contributed by atoms with van der Waals surface area (Å²) in [5.41, 5.74) is 1.07. The number of amides is 2. The maximum absolute atomic E-state index is 12.6. The minimum Gasteiger partial charge on any atom is -0.462 e. The Labute approximate surface area is 173 Å². The molecule has 160 valence electrons. The van der Waals surface area contributed by atoms with Crippen molar-refractivity contribution in [3.63, 3.8) is 0 Å². The molecule has 2 N–H and O–H groups in total. The zero-order valence-electron chi connectivity index (χ0n) is 17.6. The summed E-state index contributed by atoms with van der Waals surface area (Å²) in [4.78, 5) is 37.2. The van der Waals surface area contributed by atoms with Crippen LogP contribution in [0.1, 0.15) is 64.4 Å². The van der Waals surface area contributed by atoms with Crippen molar-refractivity contribution in [2.24, 2.45) is 5.92 Å². The van der Waals surface area contributed by atoms with E-state index >= 15 is 0 Å². The topological polar surface area (TPSA) is 84.5 Å². The summed E-state index contributed by atoms with van der Waals surface area (Å²) < 4.78 is 5.53. The molecule has 29 heavy (non-hydrogen) atoms. The van der Waals surface area contributed by atoms with E-state index in [4.69, 9.17) is 4.74 Å². The van der Waals surface area contributed by atoms with Gasteiger partial charge in [0, 0.05) is 12.8 Å². The predicted molar refractivity (Wildman–Crippen MR) is 112 cm³/mol. The lowest BCUT2D eigenvalue weighted by molar-refractivity contribution is -0.150. The number of hydrogen-bond donors (Lipinski definition) is 2. The van der Waals surface area contributed by atoms with Gasteiger partial charge in [-0.25, -0.2) is 4.79 Å². The number of nitrogens with one attached hydrogen (secondary N) is 2. The van der Waals surface area contributed by atoms with Crippen molar-refractivity contribution >= 4 is 17.8 Å².